The molecule has 0 saturated carbocycles. The normalized spacial score (nSPS) is 10.0. The summed E-state index contributed by atoms with van der Waals surface area (Å²) in [7, 11) is 0. The summed E-state index contributed by atoms with van der Waals surface area (Å²) in [5.41, 5.74) is 8.25. The molecule has 0 unspecified atom stereocenters. The molecule has 0 bridgehead atoms. The number of nitrogens with one attached hydrogen (secondary N) is 1. The minimum Gasteiger partial charge on any atom is -0.397 e. The first-order valence-corrected chi connectivity index (χ1v) is 3.73. The Labute approximate surface area is 70.8 Å². The average molecular weight is 156 g/mol. The first kappa shape index (κ1) is 6.93. The van der Waals surface area contributed by atoms with Crippen molar-refractivity contribution in [2.24, 2.45) is 0 Å². The zero-order chi connectivity index (χ0) is 8.55. The highest BCUT2D eigenvalue weighted by atomic mass is 14.7. The van der Waals surface area contributed by atoms with Crippen LogP contribution in [-0.2, 0) is 6.42 Å². The van der Waals surface area contributed by atoms with Gasteiger partial charge in [0.2, 0.25) is 0 Å². The van der Waals surface area contributed by atoms with Gasteiger partial charge in [-0.2, -0.15) is 0 Å². The fraction of sp³-hybridized carbons (Fsp3) is 0.100. The molecule has 58 valence electrons. The van der Waals surface area contributed by atoms with Gasteiger partial charge in [0.05, 0.1) is 11.0 Å². The molecule has 0 fully saturated rings. The van der Waals surface area contributed by atoms with Crippen LogP contribution >= 0.6 is 0 Å². The van der Waals surface area contributed by atoms with E-state index in [-0.39, 0.29) is 0 Å². The Morgan fingerprint density at radius 1 is 1.42 bits per heavy atom. The fourth-order valence-electron chi connectivity index (χ4n) is 1.12. The van der Waals surface area contributed by atoms with Crippen LogP contribution in [0.1, 0.15) is 11.1 Å². The minimum absolute atomic E-state index is 0.517. The molecule has 0 aliphatic rings. The van der Waals surface area contributed by atoms with Gasteiger partial charge in [-0.1, -0.05) is 12.1 Å². The van der Waals surface area contributed by atoms with Crippen LogP contribution in [-0.4, -0.2) is 0 Å². The zero-order valence-electron chi connectivity index (χ0n) is 6.52. The molecule has 0 amide bonds. The van der Waals surface area contributed by atoms with Crippen molar-refractivity contribution in [2.75, 3.05) is 5.73 Å². The minimum atomic E-state index is 0.517. The van der Waals surface area contributed by atoms with Crippen LogP contribution in [0.15, 0.2) is 18.2 Å². The largest absolute Gasteiger partial charge is 0.397 e. The van der Waals surface area contributed by atoms with Gasteiger partial charge < -0.3 is 5.73 Å². The Balaban J connectivity index is 2.16. The van der Waals surface area contributed by atoms with E-state index >= 15 is 0 Å². The van der Waals surface area contributed by atoms with E-state index in [1.807, 2.05) is 18.2 Å². The number of nitrogens with two attached hydrogens (primary N) is 1. The van der Waals surface area contributed by atoms with Gasteiger partial charge in [-0.15, -0.1) is 0 Å². The van der Waals surface area contributed by atoms with Crippen molar-refractivity contribution >= 4 is 5.69 Å². The van der Waals surface area contributed by atoms with E-state index in [2.05, 4.69) is 12.1 Å². The van der Waals surface area contributed by atoms with Gasteiger partial charge in [0.15, 0.2) is 0 Å². The van der Waals surface area contributed by atoms with E-state index in [0.29, 0.717) is 11.0 Å². The molecule has 3 N–H and O–H groups in total. The van der Waals surface area contributed by atoms with Crippen LogP contribution in [0, 0.1) is 17.5 Å². The van der Waals surface area contributed by atoms with Crippen molar-refractivity contribution in [3.63, 3.8) is 0 Å². The maximum Gasteiger partial charge on any atom is 0.0829 e. The zero-order valence-corrected chi connectivity index (χ0v) is 6.52. The third kappa shape index (κ3) is 1.06. The van der Waals surface area contributed by atoms with Gasteiger partial charge in [-0.3, -0.25) is 5.41 Å². The molecule has 0 heterocycles. The molecule has 0 saturated heterocycles. The Morgan fingerprint density at radius 2 is 2.17 bits per heavy atom. The summed E-state index contributed by atoms with van der Waals surface area (Å²) in [5, 5.41) is 7.82. The number of hydrogen-bond donors (Lipinski definition) is 2. The van der Waals surface area contributed by atoms with Gasteiger partial charge in [-0.05, 0) is 23.8 Å². The van der Waals surface area contributed by atoms with Crippen LogP contribution in [0.25, 0.3) is 0 Å². The van der Waals surface area contributed by atoms with Crippen molar-refractivity contribution in [3.8, 4) is 0 Å². The van der Waals surface area contributed by atoms with E-state index < -0.39 is 0 Å². The van der Waals surface area contributed by atoms with Crippen molar-refractivity contribution in [1.29, 1.82) is 5.41 Å². The maximum absolute atomic E-state index is 7.31. The summed E-state index contributed by atoms with van der Waals surface area (Å²) >= 11 is 0. The van der Waals surface area contributed by atoms with E-state index in [0.717, 1.165) is 17.5 Å². The summed E-state index contributed by atoms with van der Waals surface area (Å²) < 4.78 is 0. The second kappa shape index (κ2) is 2.38. The molecule has 2 rings (SSSR count). The third-order valence-electron chi connectivity index (χ3n) is 1.94. The number of anilines is 1. The van der Waals surface area contributed by atoms with Crippen LogP contribution in [0.4, 0.5) is 5.69 Å². The molecule has 12 heavy (non-hydrogen) atoms. The lowest BCUT2D eigenvalue weighted by atomic mass is 10.1. The van der Waals surface area contributed by atoms with E-state index in [1.165, 1.54) is 0 Å². The van der Waals surface area contributed by atoms with Crippen LogP contribution in [0.3, 0.4) is 0 Å². The molecule has 0 aromatic heterocycles. The highest BCUT2D eigenvalue weighted by Gasteiger charge is 2.14. The van der Waals surface area contributed by atoms with Gasteiger partial charge in [0, 0.05) is 12.0 Å². The second-order valence-corrected chi connectivity index (χ2v) is 2.79. The molecule has 2 aromatic rings. The van der Waals surface area contributed by atoms with Gasteiger partial charge >= 0.3 is 0 Å². The van der Waals surface area contributed by atoms with Crippen LogP contribution in [0.5, 0.6) is 0 Å². The summed E-state index contributed by atoms with van der Waals surface area (Å²) in [5.74, 6) is 0. The van der Waals surface area contributed by atoms with E-state index in [4.69, 9.17) is 11.1 Å². The second-order valence-electron chi connectivity index (χ2n) is 2.79. The maximum atomic E-state index is 7.31. The lowest BCUT2D eigenvalue weighted by molar-refractivity contribution is 1.21. The molecule has 2 nitrogen and oxygen atoms in total. The average Bonchev–Trinajstić information content (AvgIpc) is 2.65. The predicted molar refractivity (Wildman–Crippen MR) is 46.0 cm³/mol. The van der Waals surface area contributed by atoms with Gasteiger partial charge in [0.1, 0.15) is 0 Å². The first-order chi connectivity index (χ1) is 5.79. The Kier molecular flexibility index (Phi) is 1.38. The van der Waals surface area contributed by atoms with Crippen molar-refractivity contribution in [2.45, 2.75) is 6.42 Å². The topological polar surface area (TPSA) is 49.9 Å². The standard InChI is InChI=1S/C10H8N2/c11-9-8(10(9)12)6-7-4-2-1-3-5-7/h2,4-5,11H,6,12H2. The van der Waals surface area contributed by atoms with E-state index in [9.17, 15) is 0 Å². The summed E-state index contributed by atoms with van der Waals surface area (Å²) in [6.45, 7) is 0. The van der Waals surface area contributed by atoms with Crippen molar-refractivity contribution in [1.82, 2.24) is 0 Å². The van der Waals surface area contributed by atoms with Crippen molar-refractivity contribution < 1.29 is 0 Å². The molecule has 0 spiro atoms. The van der Waals surface area contributed by atoms with Crippen LogP contribution in [0.2, 0.25) is 0 Å². The highest BCUT2D eigenvalue weighted by Crippen LogP contribution is 2.15. The van der Waals surface area contributed by atoms with Gasteiger partial charge in [0.25, 0.3) is 0 Å². The molecular weight excluding hydrogens is 148 g/mol. The number of nitrogen functional groups attached to an aromatic ring is 1. The molecule has 0 atom stereocenters. The lowest BCUT2D eigenvalue weighted by Gasteiger charge is -1.89. The molecular formula is C10H8N2. The monoisotopic (exact) mass is 156 g/mol. The number of hydrogen-bond acceptors (Lipinski definition) is 2. The fourth-order valence-corrected chi connectivity index (χ4v) is 1.12. The third-order valence-corrected chi connectivity index (χ3v) is 1.94. The number of rotatable bonds is 2. The predicted octanol–water partition coefficient (Wildman–Crippen LogP) is 0.815. The Morgan fingerprint density at radius 3 is 2.67 bits per heavy atom. The molecule has 2 aromatic carbocycles. The highest BCUT2D eigenvalue weighted by molar-refractivity contribution is 5.60. The Bertz CT molecular complexity index is 394. The lowest BCUT2D eigenvalue weighted by Crippen LogP contribution is -1.85. The smallest absolute Gasteiger partial charge is 0.0829 e. The quantitative estimate of drug-likeness (QED) is 0.664. The Hall–Kier alpha value is -1.75. The van der Waals surface area contributed by atoms with Gasteiger partial charge in [-0.25, -0.2) is 0 Å². The van der Waals surface area contributed by atoms with E-state index in [1.54, 1.807) is 0 Å². The molecule has 2 heteroatoms. The molecule has 0 radical (unpaired) electrons. The SMILES string of the molecule is N=c1c(N)c1Cc1cc#ccc1. The van der Waals surface area contributed by atoms with Crippen molar-refractivity contribution in [3.05, 3.63) is 46.8 Å². The summed E-state index contributed by atoms with van der Waals surface area (Å²) in [6, 6.07) is 11.3. The van der Waals surface area contributed by atoms with Crippen LogP contribution < -0.4 is 11.1 Å². The summed E-state index contributed by atoms with van der Waals surface area (Å²) in [4.78, 5) is 0. The summed E-state index contributed by atoms with van der Waals surface area (Å²) in [6.07, 6.45) is 0.760. The molecule has 0 aliphatic carbocycles. The molecule has 0 aliphatic heterocycles. The first-order valence-electron chi connectivity index (χ1n) is 3.73.